The molecule has 0 saturated heterocycles. The molecule has 0 atom stereocenters. The number of carboxylic acid groups (broad SMARTS) is 1. The van der Waals surface area contributed by atoms with Gasteiger partial charge in [0.2, 0.25) is 0 Å². The second-order valence-corrected chi connectivity index (χ2v) is 2.47. The molecule has 1 aromatic heterocycles. The Morgan fingerprint density at radius 2 is 2.42 bits per heavy atom. The number of carboxylic acids is 1. The summed E-state index contributed by atoms with van der Waals surface area (Å²) in [5.74, 6) is -0.929. The van der Waals surface area contributed by atoms with Crippen LogP contribution < -0.4 is 4.57 Å². The van der Waals surface area contributed by atoms with Crippen LogP contribution in [0.15, 0.2) is 24.9 Å². The Labute approximate surface area is 70.6 Å². The smallest absolute Gasteiger partial charge is 0.401 e. The third-order valence-corrected chi connectivity index (χ3v) is 1.63. The van der Waals surface area contributed by atoms with Crippen molar-refractivity contribution >= 4 is 12.0 Å². The van der Waals surface area contributed by atoms with Crippen LogP contribution in [0.4, 0.5) is 0 Å². The first kappa shape index (κ1) is 8.46. The SMILES string of the molecule is C=Cc1cc[n+](C)c(C(=O)O)c1. The van der Waals surface area contributed by atoms with E-state index in [0.29, 0.717) is 0 Å². The van der Waals surface area contributed by atoms with Crippen molar-refractivity contribution in [2.75, 3.05) is 0 Å². The highest BCUT2D eigenvalue weighted by molar-refractivity contribution is 5.84. The zero-order chi connectivity index (χ0) is 9.14. The lowest BCUT2D eigenvalue weighted by Gasteiger charge is -1.95. The quantitative estimate of drug-likeness (QED) is 0.658. The molecule has 1 aromatic rings. The second-order valence-electron chi connectivity index (χ2n) is 2.47. The molecule has 0 aromatic carbocycles. The molecule has 1 heterocycles. The predicted molar refractivity (Wildman–Crippen MR) is 44.7 cm³/mol. The number of aromatic carboxylic acids is 1. The lowest BCUT2D eigenvalue weighted by Crippen LogP contribution is -2.35. The van der Waals surface area contributed by atoms with E-state index in [1.165, 1.54) is 0 Å². The molecule has 0 aliphatic rings. The van der Waals surface area contributed by atoms with E-state index in [9.17, 15) is 4.79 Å². The van der Waals surface area contributed by atoms with Crippen LogP contribution in [0.3, 0.4) is 0 Å². The van der Waals surface area contributed by atoms with Crippen LogP contribution in [-0.4, -0.2) is 11.1 Å². The molecular formula is C9H10NO2+. The van der Waals surface area contributed by atoms with E-state index in [2.05, 4.69) is 6.58 Å². The van der Waals surface area contributed by atoms with Crippen LogP contribution >= 0.6 is 0 Å². The van der Waals surface area contributed by atoms with Crippen molar-refractivity contribution in [2.24, 2.45) is 7.05 Å². The lowest BCUT2D eigenvalue weighted by atomic mass is 10.2. The van der Waals surface area contributed by atoms with Crippen molar-refractivity contribution in [3.05, 3.63) is 36.2 Å². The Kier molecular flexibility index (Phi) is 2.24. The van der Waals surface area contributed by atoms with Gasteiger partial charge in [-0.1, -0.05) is 12.7 Å². The molecule has 3 heteroatoms. The summed E-state index contributed by atoms with van der Waals surface area (Å²) in [4.78, 5) is 10.6. The van der Waals surface area contributed by atoms with Gasteiger partial charge in [0.15, 0.2) is 6.20 Å². The van der Waals surface area contributed by atoms with Gasteiger partial charge in [-0.2, -0.15) is 4.57 Å². The Hall–Kier alpha value is -1.64. The van der Waals surface area contributed by atoms with E-state index in [1.807, 2.05) is 0 Å². The summed E-state index contributed by atoms with van der Waals surface area (Å²) in [5.41, 5.74) is 1.07. The van der Waals surface area contributed by atoms with Gasteiger partial charge in [-0.15, -0.1) is 0 Å². The molecule has 1 N–H and O–H groups in total. The number of aromatic nitrogens is 1. The minimum Gasteiger partial charge on any atom is -0.473 e. The molecule has 0 saturated carbocycles. The Balaban J connectivity index is 3.25. The molecule has 0 fully saturated rings. The summed E-state index contributed by atoms with van der Waals surface area (Å²) in [7, 11) is 1.69. The Bertz CT molecular complexity index is 331. The lowest BCUT2D eigenvalue weighted by molar-refractivity contribution is -0.674. The second kappa shape index (κ2) is 3.17. The Morgan fingerprint density at radius 3 is 2.92 bits per heavy atom. The van der Waals surface area contributed by atoms with E-state index in [-0.39, 0.29) is 5.69 Å². The molecule has 0 aliphatic carbocycles. The third-order valence-electron chi connectivity index (χ3n) is 1.63. The maximum atomic E-state index is 10.6. The highest BCUT2D eigenvalue weighted by atomic mass is 16.4. The summed E-state index contributed by atoms with van der Waals surface area (Å²) >= 11 is 0. The van der Waals surface area contributed by atoms with Crippen molar-refractivity contribution in [2.45, 2.75) is 0 Å². The van der Waals surface area contributed by atoms with Crippen LogP contribution in [0.2, 0.25) is 0 Å². The average molecular weight is 164 g/mol. The zero-order valence-electron chi connectivity index (χ0n) is 6.82. The van der Waals surface area contributed by atoms with Gasteiger partial charge in [-0.05, 0) is 5.56 Å². The summed E-state index contributed by atoms with van der Waals surface area (Å²) in [5, 5.41) is 8.73. The highest BCUT2D eigenvalue weighted by Crippen LogP contribution is 2.00. The van der Waals surface area contributed by atoms with Crippen molar-refractivity contribution in [1.29, 1.82) is 0 Å². The van der Waals surface area contributed by atoms with Gasteiger partial charge >= 0.3 is 5.97 Å². The predicted octanol–water partition coefficient (Wildman–Crippen LogP) is 0.852. The number of pyridine rings is 1. The van der Waals surface area contributed by atoms with Gasteiger partial charge in [0.1, 0.15) is 7.05 Å². The summed E-state index contributed by atoms with van der Waals surface area (Å²) in [6.07, 6.45) is 3.31. The van der Waals surface area contributed by atoms with Gasteiger partial charge < -0.3 is 5.11 Å². The fourth-order valence-electron chi connectivity index (χ4n) is 0.926. The molecule has 0 aliphatic heterocycles. The minimum absolute atomic E-state index is 0.257. The van der Waals surface area contributed by atoms with Crippen LogP contribution in [0.1, 0.15) is 16.1 Å². The standard InChI is InChI=1S/C9H9NO2/c1-3-7-4-5-10(2)8(6-7)9(11)12/h3-6H,1H2,2H3/p+1. The van der Waals surface area contributed by atoms with E-state index in [4.69, 9.17) is 5.11 Å². The van der Waals surface area contributed by atoms with Gasteiger partial charge in [-0.25, -0.2) is 4.79 Å². The number of aryl methyl sites for hydroxylation is 1. The van der Waals surface area contributed by atoms with E-state index >= 15 is 0 Å². The zero-order valence-corrected chi connectivity index (χ0v) is 6.82. The van der Waals surface area contributed by atoms with Crippen molar-refractivity contribution in [1.82, 2.24) is 0 Å². The molecule has 0 spiro atoms. The molecule has 12 heavy (non-hydrogen) atoms. The van der Waals surface area contributed by atoms with Crippen molar-refractivity contribution in [3.63, 3.8) is 0 Å². The largest absolute Gasteiger partial charge is 0.473 e. The minimum atomic E-state index is -0.929. The fourth-order valence-corrected chi connectivity index (χ4v) is 0.926. The van der Waals surface area contributed by atoms with Crippen LogP contribution in [-0.2, 0) is 7.05 Å². The molecular weight excluding hydrogens is 154 g/mol. The van der Waals surface area contributed by atoms with Crippen molar-refractivity contribution < 1.29 is 14.5 Å². The van der Waals surface area contributed by atoms with Gasteiger partial charge in [0, 0.05) is 12.1 Å². The number of carbonyl (C=O) groups is 1. The average Bonchev–Trinajstić information content (AvgIpc) is 2.05. The third kappa shape index (κ3) is 1.50. The van der Waals surface area contributed by atoms with Crippen LogP contribution in [0.5, 0.6) is 0 Å². The van der Waals surface area contributed by atoms with E-state index in [0.717, 1.165) is 5.56 Å². The normalized spacial score (nSPS) is 9.42. The molecule has 0 radical (unpaired) electrons. The number of rotatable bonds is 2. The summed E-state index contributed by atoms with van der Waals surface area (Å²) in [6, 6.07) is 3.38. The number of hydrogen-bond donors (Lipinski definition) is 1. The molecule has 3 nitrogen and oxygen atoms in total. The molecule has 0 unspecified atom stereocenters. The molecule has 1 rings (SSSR count). The van der Waals surface area contributed by atoms with Crippen LogP contribution in [0.25, 0.3) is 6.08 Å². The molecule has 0 bridgehead atoms. The van der Waals surface area contributed by atoms with E-state index in [1.54, 1.807) is 36.0 Å². The first-order valence-corrected chi connectivity index (χ1v) is 3.50. The maximum Gasteiger partial charge on any atom is 0.401 e. The maximum absolute atomic E-state index is 10.6. The summed E-state index contributed by atoms with van der Waals surface area (Å²) in [6.45, 7) is 3.56. The van der Waals surface area contributed by atoms with Gasteiger partial charge in [-0.3, -0.25) is 0 Å². The first-order chi connectivity index (χ1) is 5.65. The topological polar surface area (TPSA) is 41.2 Å². The van der Waals surface area contributed by atoms with Gasteiger partial charge in [0.05, 0.1) is 0 Å². The van der Waals surface area contributed by atoms with Crippen LogP contribution in [0, 0.1) is 0 Å². The van der Waals surface area contributed by atoms with E-state index < -0.39 is 5.97 Å². The van der Waals surface area contributed by atoms with Crippen molar-refractivity contribution in [3.8, 4) is 0 Å². The monoisotopic (exact) mass is 164 g/mol. The Morgan fingerprint density at radius 1 is 1.75 bits per heavy atom. The molecule has 62 valence electrons. The van der Waals surface area contributed by atoms with Gasteiger partial charge in [0.25, 0.3) is 5.69 Å². The fraction of sp³-hybridized carbons (Fsp3) is 0.111. The summed E-state index contributed by atoms with van der Waals surface area (Å²) < 4.78 is 1.55. The number of hydrogen-bond acceptors (Lipinski definition) is 1. The first-order valence-electron chi connectivity index (χ1n) is 3.50. The molecule has 0 amide bonds. The number of nitrogens with zero attached hydrogens (tertiary/aromatic N) is 1. The highest BCUT2D eigenvalue weighted by Gasteiger charge is 2.14.